The maximum atomic E-state index is 12.9. The Labute approximate surface area is 190 Å². The number of aryl methyl sites for hydroxylation is 1. The number of benzene rings is 3. The van der Waals surface area contributed by atoms with Crippen molar-refractivity contribution in [1.29, 1.82) is 0 Å². The first-order valence-electron chi connectivity index (χ1n) is 11.5. The first kappa shape index (κ1) is 21.9. The molecule has 3 heteroatoms. The molecule has 4 rings (SSSR count). The Bertz CT molecular complexity index is 1170. The van der Waals surface area contributed by atoms with Crippen molar-refractivity contribution in [2.24, 2.45) is 0 Å². The van der Waals surface area contributed by atoms with E-state index in [1.165, 1.54) is 11.1 Å². The van der Waals surface area contributed by atoms with Crippen molar-refractivity contribution in [3.63, 3.8) is 0 Å². The van der Waals surface area contributed by atoms with Crippen LogP contribution in [0.1, 0.15) is 66.6 Å². The zero-order chi connectivity index (χ0) is 22.5. The van der Waals surface area contributed by atoms with E-state index in [1.54, 1.807) is 6.20 Å². The molecule has 0 fully saturated rings. The van der Waals surface area contributed by atoms with Gasteiger partial charge in [0.1, 0.15) is 5.75 Å². The molecule has 32 heavy (non-hydrogen) atoms. The van der Waals surface area contributed by atoms with Crippen LogP contribution in [0.15, 0.2) is 79.0 Å². The van der Waals surface area contributed by atoms with E-state index in [2.05, 4.69) is 50.0 Å². The van der Waals surface area contributed by atoms with E-state index in [4.69, 9.17) is 4.74 Å². The summed E-state index contributed by atoms with van der Waals surface area (Å²) in [6.07, 6.45) is 5.04. The smallest absolute Gasteiger partial charge is 0.195 e. The van der Waals surface area contributed by atoms with Gasteiger partial charge >= 0.3 is 0 Å². The second-order valence-electron chi connectivity index (χ2n) is 8.82. The molecule has 0 aliphatic heterocycles. The van der Waals surface area contributed by atoms with Gasteiger partial charge in [-0.15, -0.1) is 0 Å². The van der Waals surface area contributed by atoms with E-state index < -0.39 is 0 Å². The number of aromatic nitrogens is 1. The van der Waals surface area contributed by atoms with Crippen LogP contribution in [0.4, 0.5) is 0 Å². The maximum Gasteiger partial charge on any atom is 0.195 e. The van der Waals surface area contributed by atoms with Crippen molar-refractivity contribution in [1.82, 2.24) is 4.98 Å². The molecule has 1 heterocycles. The molecule has 164 valence electrons. The molecule has 1 atom stereocenters. The highest BCUT2D eigenvalue weighted by Gasteiger charge is 2.14. The van der Waals surface area contributed by atoms with Gasteiger partial charge in [-0.3, -0.25) is 4.79 Å². The Morgan fingerprint density at radius 3 is 2.34 bits per heavy atom. The number of ketones is 1. The summed E-state index contributed by atoms with van der Waals surface area (Å²) in [5.74, 6) is 1.39. The van der Waals surface area contributed by atoms with Crippen molar-refractivity contribution in [3.05, 3.63) is 101 Å². The molecule has 0 saturated carbocycles. The molecule has 1 aromatic heterocycles. The van der Waals surface area contributed by atoms with Crippen LogP contribution in [-0.4, -0.2) is 16.9 Å². The lowest BCUT2D eigenvalue weighted by atomic mass is 9.99. The van der Waals surface area contributed by atoms with Crippen LogP contribution in [0.2, 0.25) is 0 Å². The van der Waals surface area contributed by atoms with E-state index in [0.29, 0.717) is 17.0 Å². The summed E-state index contributed by atoms with van der Waals surface area (Å²) >= 11 is 0. The van der Waals surface area contributed by atoms with E-state index >= 15 is 0 Å². The number of fused-ring (bicyclic) bond motifs is 1. The zero-order valence-electron chi connectivity index (χ0n) is 19.1. The molecular formula is C29H31NO2. The van der Waals surface area contributed by atoms with Gasteiger partial charge in [0.05, 0.1) is 6.10 Å². The van der Waals surface area contributed by atoms with Gasteiger partial charge < -0.3 is 9.72 Å². The Balaban J connectivity index is 1.29. The Kier molecular flexibility index (Phi) is 6.75. The van der Waals surface area contributed by atoms with Crippen LogP contribution in [0.5, 0.6) is 5.75 Å². The lowest BCUT2D eigenvalue weighted by Gasteiger charge is -2.15. The minimum absolute atomic E-state index is 0.0190. The molecule has 1 N–H and O–H groups in total. The van der Waals surface area contributed by atoms with Crippen LogP contribution in [-0.2, 0) is 6.42 Å². The fourth-order valence-electron chi connectivity index (χ4n) is 4.05. The fraction of sp³-hybridized carbons (Fsp3) is 0.276. The quantitative estimate of drug-likeness (QED) is 0.286. The van der Waals surface area contributed by atoms with Gasteiger partial charge in [0.2, 0.25) is 0 Å². The predicted octanol–water partition coefficient (Wildman–Crippen LogP) is 7.31. The molecule has 0 saturated heterocycles. The summed E-state index contributed by atoms with van der Waals surface area (Å²) in [4.78, 5) is 16.1. The molecule has 0 aliphatic rings. The average molecular weight is 426 g/mol. The van der Waals surface area contributed by atoms with E-state index in [-0.39, 0.29) is 11.9 Å². The van der Waals surface area contributed by atoms with Crippen molar-refractivity contribution in [2.75, 3.05) is 0 Å². The Hall–Kier alpha value is -3.33. The molecule has 0 radical (unpaired) electrons. The second kappa shape index (κ2) is 9.86. The number of carbonyl (C=O) groups excluding carboxylic acids is 1. The number of ether oxygens (including phenoxy) is 1. The Morgan fingerprint density at radius 2 is 1.62 bits per heavy atom. The predicted molar refractivity (Wildman–Crippen MR) is 132 cm³/mol. The minimum Gasteiger partial charge on any atom is -0.491 e. The topological polar surface area (TPSA) is 42.1 Å². The summed E-state index contributed by atoms with van der Waals surface area (Å²) in [5.41, 5.74) is 5.10. The van der Waals surface area contributed by atoms with Crippen LogP contribution in [0.3, 0.4) is 0 Å². The highest BCUT2D eigenvalue weighted by atomic mass is 16.5. The summed E-state index contributed by atoms with van der Waals surface area (Å²) < 4.78 is 6.08. The number of nitrogens with one attached hydrogen (secondary N) is 1. The van der Waals surface area contributed by atoms with Crippen LogP contribution in [0, 0.1) is 0 Å². The summed E-state index contributed by atoms with van der Waals surface area (Å²) in [5, 5.41) is 0.949. The number of hydrogen-bond donors (Lipinski definition) is 1. The van der Waals surface area contributed by atoms with Crippen molar-refractivity contribution in [2.45, 2.75) is 52.1 Å². The van der Waals surface area contributed by atoms with Crippen LogP contribution >= 0.6 is 0 Å². The first-order chi connectivity index (χ1) is 15.5. The molecule has 3 nitrogen and oxygen atoms in total. The summed E-state index contributed by atoms with van der Waals surface area (Å²) in [6, 6.07) is 24.3. The van der Waals surface area contributed by atoms with Crippen molar-refractivity contribution in [3.8, 4) is 5.75 Å². The number of rotatable bonds is 9. The second-order valence-corrected chi connectivity index (χ2v) is 8.82. The van der Waals surface area contributed by atoms with Gasteiger partial charge in [-0.05, 0) is 73.6 Å². The SMILES string of the molecule is CC(CCCc1ccc(C(C)C)cc1)Oc1ccc(C(=O)c2c[nH]c3ccccc23)cc1. The monoisotopic (exact) mass is 425 g/mol. The highest BCUT2D eigenvalue weighted by Crippen LogP contribution is 2.23. The average Bonchev–Trinajstić information content (AvgIpc) is 3.24. The summed E-state index contributed by atoms with van der Waals surface area (Å²) in [6.45, 7) is 6.55. The fourth-order valence-corrected chi connectivity index (χ4v) is 4.05. The minimum atomic E-state index is 0.0190. The van der Waals surface area contributed by atoms with Gasteiger partial charge in [-0.25, -0.2) is 0 Å². The van der Waals surface area contributed by atoms with Gasteiger partial charge in [-0.1, -0.05) is 56.3 Å². The Morgan fingerprint density at radius 1 is 0.906 bits per heavy atom. The van der Waals surface area contributed by atoms with Gasteiger partial charge in [0, 0.05) is 28.2 Å². The third kappa shape index (κ3) is 5.11. The van der Waals surface area contributed by atoms with E-state index in [1.807, 2.05) is 48.5 Å². The third-order valence-corrected chi connectivity index (χ3v) is 6.01. The lowest BCUT2D eigenvalue weighted by Crippen LogP contribution is -2.12. The van der Waals surface area contributed by atoms with Crippen molar-refractivity contribution < 1.29 is 9.53 Å². The molecule has 4 aromatic rings. The van der Waals surface area contributed by atoms with Gasteiger partial charge in [0.15, 0.2) is 5.78 Å². The molecule has 1 unspecified atom stereocenters. The maximum absolute atomic E-state index is 12.9. The number of carbonyl (C=O) groups is 1. The number of hydrogen-bond acceptors (Lipinski definition) is 2. The molecule has 0 spiro atoms. The van der Waals surface area contributed by atoms with Crippen LogP contribution < -0.4 is 4.74 Å². The van der Waals surface area contributed by atoms with E-state index in [0.717, 1.165) is 35.9 Å². The third-order valence-electron chi connectivity index (χ3n) is 6.01. The summed E-state index contributed by atoms with van der Waals surface area (Å²) in [7, 11) is 0. The normalized spacial score (nSPS) is 12.2. The van der Waals surface area contributed by atoms with Gasteiger partial charge in [0.25, 0.3) is 0 Å². The van der Waals surface area contributed by atoms with E-state index in [9.17, 15) is 4.79 Å². The highest BCUT2D eigenvalue weighted by molar-refractivity contribution is 6.16. The standard InChI is InChI=1S/C29H31NO2/c1-20(2)23-13-11-22(12-14-23)8-6-7-21(3)32-25-17-15-24(16-18-25)29(31)27-19-30-28-10-5-4-9-26(27)28/h4-5,9-21,30H,6-8H2,1-3H3. The van der Waals surface area contributed by atoms with Gasteiger partial charge in [-0.2, -0.15) is 0 Å². The number of aromatic amines is 1. The van der Waals surface area contributed by atoms with Crippen molar-refractivity contribution >= 4 is 16.7 Å². The number of para-hydroxylation sites is 1. The molecule has 0 bridgehead atoms. The molecule has 3 aromatic carbocycles. The lowest BCUT2D eigenvalue weighted by molar-refractivity contribution is 0.104. The van der Waals surface area contributed by atoms with Crippen LogP contribution in [0.25, 0.3) is 10.9 Å². The zero-order valence-corrected chi connectivity index (χ0v) is 19.1. The number of H-pyrrole nitrogens is 1. The molecule has 0 aliphatic carbocycles. The molecular weight excluding hydrogens is 394 g/mol. The molecule has 0 amide bonds. The largest absolute Gasteiger partial charge is 0.491 e. The first-order valence-corrected chi connectivity index (χ1v) is 11.5.